The highest BCUT2D eigenvalue weighted by Gasteiger charge is 2.37. The van der Waals surface area contributed by atoms with Gasteiger partial charge in [-0.3, -0.25) is 9.59 Å². The molecule has 0 bridgehead atoms. The van der Waals surface area contributed by atoms with E-state index in [4.69, 9.17) is 17.3 Å². The van der Waals surface area contributed by atoms with E-state index in [0.717, 1.165) is 25.0 Å². The molecular weight excluding hydrogens is 468 g/mol. The van der Waals surface area contributed by atoms with Crippen LogP contribution < -0.4 is 16.0 Å². The largest absolute Gasteiger partial charge is 0.349 e. The summed E-state index contributed by atoms with van der Waals surface area (Å²) in [6.07, 6.45) is 1.62. The lowest BCUT2D eigenvalue weighted by molar-refractivity contribution is -0.119. The summed E-state index contributed by atoms with van der Waals surface area (Å²) >= 11 is 5.90. The first-order valence-corrected chi connectivity index (χ1v) is 11.4. The zero-order valence-electron chi connectivity index (χ0n) is 16.2. The van der Waals surface area contributed by atoms with Gasteiger partial charge in [0.1, 0.15) is 5.82 Å². The molecule has 166 valence electrons. The maximum atomic E-state index is 14.7. The third-order valence-electron chi connectivity index (χ3n) is 5.07. The SMILES string of the molecule is Cl.N[C@H]1CS(=O)(=O)c2cc(F)c(C(=O)NC3CC3)cc2N(Cc2ccc(Cl)cc2)C1=O. The summed E-state index contributed by atoms with van der Waals surface area (Å²) in [6.45, 7) is -0.0124. The number of hydrogen-bond acceptors (Lipinski definition) is 5. The molecule has 0 radical (unpaired) electrons. The molecule has 1 saturated carbocycles. The molecule has 1 aliphatic heterocycles. The molecule has 3 N–H and O–H groups in total. The number of rotatable bonds is 4. The van der Waals surface area contributed by atoms with Crippen LogP contribution in [0, 0.1) is 5.82 Å². The summed E-state index contributed by atoms with van der Waals surface area (Å²) in [4.78, 5) is 26.2. The van der Waals surface area contributed by atoms with E-state index in [9.17, 15) is 22.4 Å². The Hall–Kier alpha value is -2.20. The molecule has 0 spiro atoms. The second-order valence-corrected chi connectivity index (χ2v) is 9.93. The van der Waals surface area contributed by atoms with Gasteiger partial charge in [-0.1, -0.05) is 23.7 Å². The monoisotopic (exact) mass is 487 g/mol. The van der Waals surface area contributed by atoms with Gasteiger partial charge < -0.3 is 16.0 Å². The molecule has 31 heavy (non-hydrogen) atoms. The summed E-state index contributed by atoms with van der Waals surface area (Å²) in [5.41, 5.74) is 6.13. The van der Waals surface area contributed by atoms with Gasteiger partial charge in [-0.15, -0.1) is 12.4 Å². The van der Waals surface area contributed by atoms with Crippen molar-refractivity contribution in [2.45, 2.75) is 36.4 Å². The molecule has 0 saturated heterocycles. The van der Waals surface area contributed by atoms with E-state index >= 15 is 0 Å². The van der Waals surface area contributed by atoms with Crippen molar-refractivity contribution in [3.8, 4) is 0 Å². The van der Waals surface area contributed by atoms with Crippen molar-refractivity contribution in [2.24, 2.45) is 5.73 Å². The van der Waals surface area contributed by atoms with E-state index in [1.807, 2.05) is 0 Å². The van der Waals surface area contributed by atoms with Crippen LogP contribution in [0.2, 0.25) is 5.02 Å². The maximum absolute atomic E-state index is 14.7. The Bertz CT molecular complexity index is 1140. The first-order valence-electron chi connectivity index (χ1n) is 9.34. The molecule has 7 nitrogen and oxygen atoms in total. The number of nitrogens with one attached hydrogen (secondary N) is 1. The van der Waals surface area contributed by atoms with Crippen LogP contribution in [0.4, 0.5) is 10.1 Å². The number of hydrogen-bond donors (Lipinski definition) is 2. The van der Waals surface area contributed by atoms with Crippen molar-refractivity contribution in [3.05, 3.63) is 58.4 Å². The molecule has 1 atom stereocenters. The van der Waals surface area contributed by atoms with Gasteiger partial charge in [0.25, 0.3) is 5.91 Å². The fourth-order valence-electron chi connectivity index (χ4n) is 3.32. The van der Waals surface area contributed by atoms with Gasteiger partial charge in [-0.05, 0) is 42.7 Å². The van der Waals surface area contributed by atoms with Crippen LogP contribution >= 0.6 is 24.0 Å². The smallest absolute Gasteiger partial charge is 0.254 e. The Morgan fingerprint density at radius 2 is 1.87 bits per heavy atom. The normalized spacial score (nSPS) is 19.8. The van der Waals surface area contributed by atoms with Crippen LogP contribution in [0.25, 0.3) is 0 Å². The predicted molar refractivity (Wildman–Crippen MR) is 117 cm³/mol. The maximum Gasteiger partial charge on any atom is 0.254 e. The van der Waals surface area contributed by atoms with Crippen molar-refractivity contribution in [1.82, 2.24) is 5.32 Å². The van der Waals surface area contributed by atoms with Crippen LogP contribution in [-0.4, -0.2) is 38.1 Å². The number of halogens is 3. The highest BCUT2D eigenvalue weighted by Crippen LogP contribution is 2.34. The Morgan fingerprint density at radius 1 is 1.23 bits per heavy atom. The highest BCUT2D eigenvalue weighted by molar-refractivity contribution is 7.91. The van der Waals surface area contributed by atoms with Crippen molar-refractivity contribution in [2.75, 3.05) is 10.7 Å². The molecule has 11 heteroatoms. The van der Waals surface area contributed by atoms with Crippen molar-refractivity contribution in [3.63, 3.8) is 0 Å². The third-order valence-corrected chi connectivity index (χ3v) is 7.11. The Kier molecular flexibility index (Phi) is 6.61. The van der Waals surface area contributed by atoms with E-state index in [0.29, 0.717) is 10.6 Å². The van der Waals surface area contributed by atoms with Crippen LogP contribution in [0.5, 0.6) is 0 Å². The second kappa shape index (κ2) is 8.74. The summed E-state index contributed by atoms with van der Waals surface area (Å²) in [6, 6.07) is 7.22. The van der Waals surface area contributed by atoms with Crippen molar-refractivity contribution < 1.29 is 22.4 Å². The number of fused-ring (bicyclic) bond motifs is 1. The number of nitrogens with zero attached hydrogens (tertiary/aromatic N) is 1. The molecule has 0 aromatic heterocycles. The third kappa shape index (κ3) is 4.85. The summed E-state index contributed by atoms with van der Waals surface area (Å²) in [5, 5.41) is 3.18. The second-order valence-electron chi connectivity index (χ2n) is 7.49. The van der Waals surface area contributed by atoms with Crippen LogP contribution in [0.1, 0.15) is 28.8 Å². The average Bonchev–Trinajstić information content (AvgIpc) is 3.50. The number of nitrogens with two attached hydrogens (primary N) is 1. The van der Waals surface area contributed by atoms with E-state index in [-0.39, 0.29) is 41.1 Å². The predicted octanol–water partition coefficient (Wildman–Crippen LogP) is 2.44. The van der Waals surface area contributed by atoms with Gasteiger partial charge >= 0.3 is 0 Å². The lowest BCUT2D eigenvalue weighted by Gasteiger charge is -2.25. The minimum absolute atomic E-state index is 0. The van der Waals surface area contributed by atoms with Gasteiger partial charge in [0.15, 0.2) is 9.84 Å². The van der Waals surface area contributed by atoms with Gasteiger partial charge in [0.2, 0.25) is 5.91 Å². The Balaban J connectivity index is 0.00000272. The molecule has 1 aliphatic carbocycles. The van der Waals surface area contributed by atoms with Crippen LogP contribution in [0.15, 0.2) is 41.3 Å². The quantitative estimate of drug-likeness (QED) is 0.687. The highest BCUT2D eigenvalue weighted by atomic mass is 35.5. The molecule has 2 aliphatic rings. The van der Waals surface area contributed by atoms with Gasteiger partial charge in [-0.25, -0.2) is 12.8 Å². The Morgan fingerprint density at radius 3 is 2.48 bits per heavy atom. The summed E-state index contributed by atoms with van der Waals surface area (Å²) in [7, 11) is -4.05. The van der Waals surface area contributed by atoms with Crippen molar-refractivity contribution in [1.29, 1.82) is 0 Å². The topological polar surface area (TPSA) is 110 Å². The molecule has 1 heterocycles. The van der Waals surface area contributed by atoms with E-state index < -0.39 is 39.3 Å². The number of carbonyl (C=O) groups excluding carboxylic acids is 2. The minimum atomic E-state index is -4.05. The molecule has 2 aromatic rings. The fourth-order valence-corrected chi connectivity index (χ4v) is 5.01. The van der Waals surface area contributed by atoms with Crippen LogP contribution in [-0.2, 0) is 21.2 Å². The first-order chi connectivity index (χ1) is 14.2. The van der Waals surface area contributed by atoms with Crippen molar-refractivity contribution >= 4 is 51.3 Å². The number of amides is 2. The lowest BCUT2D eigenvalue weighted by atomic mass is 10.1. The summed E-state index contributed by atoms with van der Waals surface area (Å²) in [5.74, 6) is -2.90. The molecule has 2 amide bonds. The minimum Gasteiger partial charge on any atom is -0.349 e. The molecule has 4 rings (SSSR count). The van der Waals surface area contributed by atoms with Gasteiger partial charge in [-0.2, -0.15) is 0 Å². The number of sulfone groups is 1. The van der Waals surface area contributed by atoms with E-state index in [2.05, 4.69) is 5.32 Å². The standard InChI is InChI=1S/C20H19ClFN3O4S.ClH/c21-12-3-1-11(2-4-12)9-25-17-7-14(19(26)24-13-5-6-13)15(22)8-18(17)30(28,29)10-16(23)20(25)27;/h1-4,7-8,13,16H,5-6,9-10,23H2,(H,24,26);1H/t16-;/m0./s1. The molecule has 1 fully saturated rings. The average molecular weight is 488 g/mol. The van der Waals surface area contributed by atoms with E-state index in [1.165, 1.54) is 4.90 Å². The molecule has 0 unspecified atom stereocenters. The zero-order chi connectivity index (χ0) is 21.6. The molecular formula is C20H20Cl2FN3O4S. The lowest BCUT2D eigenvalue weighted by Crippen LogP contribution is -2.45. The number of benzene rings is 2. The Labute approximate surface area is 190 Å². The van der Waals surface area contributed by atoms with E-state index in [1.54, 1.807) is 24.3 Å². The zero-order valence-corrected chi connectivity index (χ0v) is 18.6. The summed E-state index contributed by atoms with van der Waals surface area (Å²) < 4.78 is 40.2. The first kappa shape index (κ1) is 23.5. The fraction of sp³-hybridized carbons (Fsp3) is 0.300. The van der Waals surface area contributed by atoms with Gasteiger partial charge in [0.05, 0.1) is 34.5 Å². The van der Waals surface area contributed by atoms with Crippen LogP contribution in [0.3, 0.4) is 0 Å². The number of anilines is 1. The molecule has 2 aromatic carbocycles. The number of carbonyl (C=O) groups is 2. The van der Waals surface area contributed by atoms with Gasteiger partial charge in [0, 0.05) is 11.1 Å².